The predicted octanol–water partition coefficient (Wildman–Crippen LogP) is 2.67. The summed E-state index contributed by atoms with van der Waals surface area (Å²) >= 11 is 6.36. The first-order valence-electron chi connectivity index (χ1n) is 7.56. The van der Waals surface area contributed by atoms with Crippen LogP contribution in [0, 0.1) is 13.8 Å². The van der Waals surface area contributed by atoms with Gasteiger partial charge in [0.1, 0.15) is 0 Å². The molecule has 5 nitrogen and oxygen atoms in total. The molecule has 21 heavy (non-hydrogen) atoms. The van der Waals surface area contributed by atoms with E-state index < -0.39 is 0 Å². The Balaban J connectivity index is 1.76. The summed E-state index contributed by atoms with van der Waals surface area (Å²) in [4.78, 5) is 0. The Labute approximate surface area is 130 Å². The maximum absolute atomic E-state index is 6.36. The Kier molecular flexibility index (Phi) is 4.04. The van der Waals surface area contributed by atoms with Crippen LogP contribution in [0.5, 0.6) is 0 Å². The normalized spacial score (nSPS) is 14.9. The van der Waals surface area contributed by atoms with Gasteiger partial charge in [-0.3, -0.25) is 9.36 Å². The van der Waals surface area contributed by atoms with Crippen LogP contribution < -0.4 is 5.32 Å². The average Bonchev–Trinajstić information content (AvgIpc) is 3.17. The summed E-state index contributed by atoms with van der Waals surface area (Å²) in [6.45, 7) is 8.46. The molecule has 3 rings (SSSR count). The number of rotatable bonds is 6. The van der Waals surface area contributed by atoms with Crippen LogP contribution in [0.3, 0.4) is 0 Å². The Morgan fingerprint density at radius 3 is 2.71 bits per heavy atom. The molecule has 1 fully saturated rings. The van der Waals surface area contributed by atoms with Gasteiger partial charge >= 0.3 is 0 Å². The molecule has 2 heterocycles. The largest absolute Gasteiger partial charge is 0.310 e. The standard InChI is InChI=1S/C15H22ClN5/c1-4-21-14(15(16)11(3)19-21)9-20-8-12(10(2)18-20)7-17-13-5-6-13/h8,13,17H,4-7,9H2,1-3H3. The monoisotopic (exact) mass is 307 g/mol. The lowest BCUT2D eigenvalue weighted by Gasteiger charge is -2.05. The van der Waals surface area contributed by atoms with Gasteiger partial charge in [-0.1, -0.05) is 11.6 Å². The van der Waals surface area contributed by atoms with Gasteiger partial charge < -0.3 is 5.32 Å². The van der Waals surface area contributed by atoms with E-state index in [2.05, 4.69) is 35.6 Å². The molecule has 1 aliphatic carbocycles. The molecule has 0 atom stereocenters. The zero-order valence-corrected chi connectivity index (χ0v) is 13.6. The van der Waals surface area contributed by atoms with Crippen molar-refractivity contribution >= 4 is 11.6 Å². The molecule has 0 aliphatic heterocycles. The molecule has 0 radical (unpaired) electrons. The number of halogens is 1. The van der Waals surface area contributed by atoms with Crippen LogP contribution in [-0.2, 0) is 19.6 Å². The Morgan fingerprint density at radius 1 is 1.29 bits per heavy atom. The van der Waals surface area contributed by atoms with Crippen molar-refractivity contribution in [1.29, 1.82) is 0 Å². The van der Waals surface area contributed by atoms with Gasteiger partial charge in [0.2, 0.25) is 0 Å². The van der Waals surface area contributed by atoms with Crippen LogP contribution in [0.4, 0.5) is 0 Å². The van der Waals surface area contributed by atoms with Crippen molar-refractivity contribution in [3.8, 4) is 0 Å². The molecule has 0 unspecified atom stereocenters. The number of aromatic nitrogens is 4. The van der Waals surface area contributed by atoms with Crippen molar-refractivity contribution in [2.75, 3.05) is 0 Å². The molecule has 1 saturated carbocycles. The molecule has 0 amide bonds. The third-order valence-electron chi connectivity index (χ3n) is 3.97. The highest BCUT2D eigenvalue weighted by Gasteiger charge is 2.21. The van der Waals surface area contributed by atoms with E-state index in [0.29, 0.717) is 12.6 Å². The van der Waals surface area contributed by atoms with Gasteiger partial charge in [0.05, 0.1) is 28.6 Å². The summed E-state index contributed by atoms with van der Waals surface area (Å²) in [7, 11) is 0. The van der Waals surface area contributed by atoms with Crippen LogP contribution in [0.1, 0.15) is 42.4 Å². The minimum absolute atomic E-state index is 0.664. The first-order valence-corrected chi connectivity index (χ1v) is 7.94. The molecule has 6 heteroatoms. The smallest absolute Gasteiger partial charge is 0.0866 e. The van der Waals surface area contributed by atoms with Gasteiger partial charge in [0.25, 0.3) is 0 Å². The summed E-state index contributed by atoms with van der Waals surface area (Å²) in [6, 6.07) is 0.714. The fourth-order valence-corrected chi connectivity index (χ4v) is 2.72. The van der Waals surface area contributed by atoms with Crippen LogP contribution >= 0.6 is 11.6 Å². The summed E-state index contributed by atoms with van der Waals surface area (Å²) < 4.78 is 3.92. The lowest BCUT2D eigenvalue weighted by Crippen LogP contribution is -2.15. The lowest BCUT2D eigenvalue weighted by molar-refractivity contribution is 0.573. The minimum atomic E-state index is 0.664. The molecule has 2 aromatic heterocycles. The lowest BCUT2D eigenvalue weighted by atomic mass is 10.2. The van der Waals surface area contributed by atoms with E-state index in [-0.39, 0.29) is 0 Å². The second-order valence-corrected chi connectivity index (χ2v) is 6.13. The molecular formula is C15H22ClN5. The van der Waals surface area contributed by atoms with Crippen LogP contribution in [0.2, 0.25) is 5.02 Å². The Bertz CT molecular complexity index is 639. The third-order valence-corrected chi connectivity index (χ3v) is 4.46. The van der Waals surface area contributed by atoms with Gasteiger partial charge in [-0.15, -0.1) is 0 Å². The second-order valence-electron chi connectivity index (χ2n) is 5.75. The van der Waals surface area contributed by atoms with Crippen molar-refractivity contribution in [3.63, 3.8) is 0 Å². The van der Waals surface area contributed by atoms with E-state index in [1.165, 1.54) is 18.4 Å². The van der Waals surface area contributed by atoms with Crippen LogP contribution in [0.25, 0.3) is 0 Å². The van der Waals surface area contributed by atoms with Crippen molar-refractivity contribution in [1.82, 2.24) is 24.9 Å². The van der Waals surface area contributed by atoms with Crippen molar-refractivity contribution < 1.29 is 0 Å². The molecule has 0 aromatic carbocycles. The Hall–Kier alpha value is -1.33. The summed E-state index contributed by atoms with van der Waals surface area (Å²) in [5.41, 5.74) is 4.25. The first-order chi connectivity index (χ1) is 10.1. The maximum Gasteiger partial charge on any atom is 0.0866 e. The highest BCUT2D eigenvalue weighted by Crippen LogP contribution is 2.22. The number of nitrogens with zero attached hydrogens (tertiary/aromatic N) is 4. The van der Waals surface area contributed by atoms with Crippen LogP contribution in [-0.4, -0.2) is 25.6 Å². The second kappa shape index (κ2) is 5.81. The van der Waals surface area contributed by atoms with Crippen molar-refractivity contribution in [3.05, 3.63) is 33.9 Å². The van der Waals surface area contributed by atoms with Gasteiger partial charge in [-0.2, -0.15) is 10.2 Å². The fraction of sp³-hybridized carbons (Fsp3) is 0.600. The third kappa shape index (κ3) is 3.14. The van der Waals surface area contributed by atoms with E-state index in [4.69, 9.17) is 11.6 Å². The molecule has 1 N–H and O–H groups in total. The van der Waals surface area contributed by atoms with Crippen molar-refractivity contribution in [2.45, 2.75) is 59.3 Å². The summed E-state index contributed by atoms with van der Waals surface area (Å²) in [6.07, 6.45) is 4.72. The number of nitrogens with one attached hydrogen (secondary N) is 1. The van der Waals surface area contributed by atoms with Crippen LogP contribution in [0.15, 0.2) is 6.20 Å². The average molecular weight is 308 g/mol. The molecule has 0 bridgehead atoms. The van der Waals surface area contributed by atoms with Crippen molar-refractivity contribution in [2.24, 2.45) is 0 Å². The maximum atomic E-state index is 6.36. The Morgan fingerprint density at radius 2 is 2.05 bits per heavy atom. The molecule has 2 aromatic rings. The van der Waals surface area contributed by atoms with Gasteiger partial charge in [-0.05, 0) is 33.6 Å². The van der Waals surface area contributed by atoms with E-state index in [0.717, 1.165) is 35.2 Å². The topological polar surface area (TPSA) is 47.7 Å². The number of hydrogen-bond acceptors (Lipinski definition) is 3. The van der Waals surface area contributed by atoms with Gasteiger partial charge in [-0.25, -0.2) is 0 Å². The zero-order chi connectivity index (χ0) is 15.0. The van der Waals surface area contributed by atoms with E-state index >= 15 is 0 Å². The first kappa shape index (κ1) is 14.6. The molecule has 1 aliphatic rings. The quantitative estimate of drug-likeness (QED) is 0.892. The zero-order valence-electron chi connectivity index (χ0n) is 12.9. The number of hydrogen-bond donors (Lipinski definition) is 1. The van der Waals surface area contributed by atoms with E-state index in [9.17, 15) is 0 Å². The molecular weight excluding hydrogens is 286 g/mol. The predicted molar refractivity (Wildman–Crippen MR) is 83.6 cm³/mol. The van der Waals surface area contributed by atoms with Gasteiger partial charge in [0.15, 0.2) is 0 Å². The van der Waals surface area contributed by atoms with E-state index in [1.54, 1.807) is 0 Å². The SMILES string of the molecule is CCn1nc(C)c(Cl)c1Cn1cc(CNC2CC2)c(C)n1. The fourth-order valence-electron chi connectivity index (χ4n) is 2.53. The van der Waals surface area contributed by atoms with Gasteiger partial charge in [0, 0.05) is 30.9 Å². The summed E-state index contributed by atoms with van der Waals surface area (Å²) in [5.74, 6) is 0. The molecule has 114 valence electrons. The highest BCUT2D eigenvalue weighted by molar-refractivity contribution is 6.31. The molecule has 0 saturated heterocycles. The summed E-state index contributed by atoms with van der Waals surface area (Å²) in [5, 5.41) is 13.3. The minimum Gasteiger partial charge on any atom is -0.310 e. The molecule has 0 spiro atoms. The van der Waals surface area contributed by atoms with E-state index in [1.807, 2.05) is 16.3 Å². The highest BCUT2D eigenvalue weighted by atomic mass is 35.5. The number of aryl methyl sites for hydroxylation is 3.